The summed E-state index contributed by atoms with van der Waals surface area (Å²) in [7, 11) is 0. The van der Waals surface area contributed by atoms with Gasteiger partial charge in [0.25, 0.3) is 0 Å². The number of carbonyl (C=O) groups excluding carboxylic acids is 1. The summed E-state index contributed by atoms with van der Waals surface area (Å²) >= 11 is 0. The number of benzene rings is 2. The van der Waals surface area contributed by atoms with Crippen molar-refractivity contribution in [3.05, 3.63) is 77.5 Å². The molecule has 2 nitrogen and oxygen atoms in total. The van der Waals surface area contributed by atoms with Crippen LogP contribution in [-0.2, 0) is 0 Å². The zero-order chi connectivity index (χ0) is 13.5. The van der Waals surface area contributed by atoms with Gasteiger partial charge < -0.3 is 0 Å². The lowest BCUT2D eigenvalue weighted by molar-refractivity contribution is 0.0991. The summed E-state index contributed by atoms with van der Waals surface area (Å²) in [5.41, 5.74) is 4.10. The van der Waals surface area contributed by atoms with E-state index < -0.39 is 0 Å². The molecule has 1 aliphatic carbocycles. The van der Waals surface area contributed by atoms with E-state index in [1.54, 1.807) is 6.20 Å². The van der Waals surface area contributed by atoms with Gasteiger partial charge in [0, 0.05) is 29.5 Å². The minimum Gasteiger partial charge on any atom is -0.294 e. The Labute approximate surface area is 117 Å². The normalized spacial score (nSPS) is 17.4. The standard InChI is InChI=1S/C18H13NO/c20-17-10-14(12-6-2-1-3-7-12)18-13-8-4-5-9-16(13)19-11-15(17)18/h1-9,11,14H,10H2. The Hall–Kier alpha value is -2.48. The SMILES string of the molecule is O=C1CC(c2ccccc2)c2c1cnc1ccccc21. The maximum absolute atomic E-state index is 12.3. The van der Waals surface area contributed by atoms with Crippen molar-refractivity contribution in [3.8, 4) is 0 Å². The van der Waals surface area contributed by atoms with Crippen LogP contribution in [0.15, 0.2) is 60.8 Å². The van der Waals surface area contributed by atoms with Crippen LogP contribution >= 0.6 is 0 Å². The molecule has 0 spiro atoms. The molecule has 0 radical (unpaired) electrons. The summed E-state index contributed by atoms with van der Waals surface area (Å²) in [6.45, 7) is 0. The van der Waals surface area contributed by atoms with Gasteiger partial charge in [0.15, 0.2) is 5.78 Å². The fraction of sp³-hybridized carbons (Fsp3) is 0.111. The zero-order valence-electron chi connectivity index (χ0n) is 10.9. The van der Waals surface area contributed by atoms with E-state index >= 15 is 0 Å². The minimum absolute atomic E-state index is 0.159. The van der Waals surface area contributed by atoms with Crippen LogP contribution in [-0.4, -0.2) is 10.8 Å². The van der Waals surface area contributed by atoms with Gasteiger partial charge in [0.05, 0.1) is 5.52 Å². The molecule has 0 bridgehead atoms. The first-order chi connectivity index (χ1) is 9.84. The molecular formula is C18H13NO. The predicted octanol–water partition coefficient (Wildman–Crippen LogP) is 3.95. The average molecular weight is 259 g/mol. The Morgan fingerprint density at radius 3 is 2.55 bits per heavy atom. The first kappa shape index (κ1) is 11.4. The van der Waals surface area contributed by atoms with Gasteiger partial charge in [0.2, 0.25) is 0 Å². The fourth-order valence-electron chi connectivity index (χ4n) is 3.13. The Kier molecular flexibility index (Phi) is 2.43. The molecule has 2 aromatic carbocycles. The maximum Gasteiger partial charge on any atom is 0.165 e. The first-order valence-corrected chi connectivity index (χ1v) is 6.80. The molecule has 0 saturated heterocycles. The third kappa shape index (κ3) is 1.58. The number of nitrogens with zero attached hydrogens (tertiary/aromatic N) is 1. The van der Waals surface area contributed by atoms with Crippen molar-refractivity contribution in [2.45, 2.75) is 12.3 Å². The summed E-state index contributed by atoms with van der Waals surface area (Å²) in [6, 6.07) is 18.3. The van der Waals surface area contributed by atoms with Crippen LogP contribution in [0.3, 0.4) is 0 Å². The number of hydrogen-bond donors (Lipinski definition) is 0. The van der Waals surface area contributed by atoms with E-state index in [9.17, 15) is 4.79 Å². The van der Waals surface area contributed by atoms with Crippen LogP contribution in [0.1, 0.15) is 33.8 Å². The van der Waals surface area contributed by atoms with Crippen molar-refractivity contribution < 1.29 is 4.79 Å². The third-order valence-electron chi connectivity index (χ3n) is 4.06. The van der Waals surface area contributed by atoms with E-state index in [2.05, 4.69) is 23.2 Å². The fourth-order valence-corrected chi connectivity index (χ4v) is 3.13. The predicted molar refractivity (Wildman–Crippen MR) is 79.0 cm³/mol. The highest BCUT2D eigenvalue weighted by atomic mass is 16.1. The van der Waals surface area contributed by atoms with E-state index in [1.807, 2.05) is 36.4 Å². The molecular weight excluding hydrogens is 246 g/mol. The zero-order valence-corrected chi connectivity index (χ0v) is 10.9. The molecule has 20 heavy (non-hydrogen) atoms. The molecule has 0 N–H and O–H groups in total. The second kappa shape index (κ2) is 4.27. The van der Waals surface area contributed by atoms with Crippen LogP contribution in [0, 0.1) is 0 Å². The van der Waals surface area contributed by atoms with E-state index in [0.29, 0.717) is 6.42 Å². The second-order valence-corrected chi connectivity index (χ2v) is 5.19. The molecule has 0 fully saturated rings. The Morgan fingerprint density at radius 2 is 1.70 bits per heavy atom. The van der Waals surface area contributed by atoms with Gasteiger partial charge in [-0.05, 0) is 17.2 Å². The van der Waals surface area contributed by atoms with Crippen LogP contribution < -0.4 is 0 Å². The van der Waals surface area contributed by atoms with Crippen molar-refractivity contribution in [2.75, 3.05) is 0 Å². The topological polar surface area (TPSA) is 30.0 Å². The number of fused-ring (bicyclic) bond motifs is 3. The second-order valence-electron chi connectivity index (χ2n) is 5.19. The lowest BCUT2D eigenvalue weighted by atomic mass is 9.91. The number of aromatic nitrogens is 1. The Bertz CT molecular complexity index is 808. The van der Waals surface area contributed by atoms with E-state index in [1.165, 1.54) is 5.56 Å². The third-order valence-corrected chi connectivity index (χ3v) is 4.06. The van der Waals surface area contributed by atoms with E-state index in [0.717, 1.165) is 22.0 Å². The number of ketones is 1. The first-order valence-electron chi connectivity index (χ1n) is 6.80. The number of Topliss-reactive ketones (excluding diaryl/α,β-unsaturated/α-hetero) is 1. The van der Waals surface area contributed by atoms with Gasteiger partial charge in [-0.25, -0.2) is 0 Å². The van der Waals surface area contributed by atoms with Crippen LogP contribution in [0.5, 0.6) is 0 Å². The monoisotopic (exact) mass is 259 g/mol. The summed E-state index contributed by atoms with van der Waals surface area (Å²) in [5.74, 6) is 0.360. The number of pyridine rings is 1. The van der Waals surface area contributed by atoms with E-state index in [-0.39, 0.29) is 11.7 Å². The summed E-state index contributed by atoms with van der Waals surface area (Å²) in [6.07, 6.45) is 2.29. The number of carbonyl (C=O) groups is 1. The van der Waals surface area contributed by atoms with Crippen LogP contribution in [0.25, 0.3) is 10.9 Å². The number of hydrogen-bond acceptors (Lipinski definition) is 2. The minimum atomic E-state index is 0.159. The highest BCUT2D eigenvalue weighted by Crippen LogP contribution is 2.41. The largest absolute Gasteiger partial charge is 0.294 e. The van der Waals surface area contributed by atoms with Crippen molar-refractivity contribution in [3.63, 3.8) is 0 Å². The smallest absolute Gasteiger partial charge is 0.165 e. The molecule has 0 saturated carbocycles. The molecule has 1 heterocycles. The molecule has 1 atom stereocenters. The van der Waals surface area contributed by atoms with E-state index in [4.69, 9.17) is 0 Å². The Morgan fingerprint density at radius 1 is 0.950 bits per heavy atom. The molecule has 2 heteroatoms. The molecule has 0 aliphatic heterocycles. The number of para-hydroxylation sites is 1. The summed E-state index contributed by atoms with van der Waals surface area (Å²) in [4.78, 5) is 16.7. The van der Waals surface area contributed by atoms with Gasteiger partial charge in [-0.1, -0.05) is 48.5 Å². The molecule has 3 aromatic rings. The lowest BCUT2D eigenvalue weighted by Gasteiger charge is -2.13. The van der Waals surface area contributed by atoms with Gasteiger partial charge in [-0.3, -0.25) is 9.78 Å². The molecule has 0 amide bonds. The quantitative estimate of drug-likeness (QED) is 0.662. The summed E-state index contributed by atoms with van der Waals surface area (Å²) < 4.78 is 0. The Balaban J connectivity index is 2.01. The molecule has 96 valence electrons. The average Bonchev–Trinajstić information content (AvgIpc) is 2.86. The van der Waals surface area contributed by atoms with Gasteiger partial charge in [-0.2, -0.15) is 0 Å². The number of rotatable bonds is 1. The van der Waals surface area contributed by atoms with Crippen molar-refractivity contribution >= 4 is 16.7 Å². The molecule has 4 rings (SSSR count). The molecule has 1 aromatic heterocycles. The van der Waals surface area contributed by atoms with Crippen molar-refractivity contribution in [2.24, 2.45) is 0 Å². The van der Waals surface area contributed by atoms with Crippen molar-refractivity contribution in [1.82, 2.24) is 4.98 Å². The van der Waals surface area contributed by atoms with Crippen molar-refractivity contribution in [1.29, 1.82) is 0 Å². The highest BCUT2D eigenvalue weighted by molar-refractivity contribution is 6.06. The van der Waals surface area contributed by atoms with Gasteiger partial charge in [0.1, 0.15) is 0 Å². The van der Waals surface area contributed by atoms with Crippen LogP contribution in [0.4, 0.5) is 0 Å². The van der Waals surface area contributed by atoms with Gasteiger partial charge >= 0.3 is 0 Å². The molecule has 1 unspecified atom stereocenters. The summed E-state index contributed by atoms with van der Waals surface area (Å²) in [5, 5.41) is 1.10. The highest BCUT2D eigenvalue weighted by Gasteiger charge is 2.32. The molecule has 1 aliphatic rings. The maximum atomic E-state index is 12.3. The lowest BCUT2D eigenvalue weighted by Crippen LogP contribution is -1.97. The van der Waals surface area contributed by atoms with Crippen LogP contribution in [0.2, 0.25) is 0 Å². The van der Waals surface area contributed by atoms with Gasteiger partial charge in [-0.15, -0.1) is 0 Å².